The van der Waals surface area contributed by atoms with E-state index in [-0.39, 0.29) is 6.04 Å². The van der Waals surface area contributed by atoms with Crippen LogP contribution < -0.4 is 15.4 Å². The molecule has 0 aliphatic carbocycles. The van der Waals surface area contributed by atoms with Gasteiger partial charge in [0, 0.05) is 12.6 Å². The number of anilines is 1. The van der Waals surface area contributed by atoms with E-state index >= 15 is 0 Å². The molecule has 5 nitrogen and oxygen atoms in total. The molecule has 1 heterocycles. The summed E-state index contributed by atoms with van der Waals surface area (Å²) in [7, 11) is 0. The average Bonchev–Trinajstić information content (AvgIpc) is 2.53. The maximum absolute atomic E-state index is 11.3. The van der Waals surface area contributed by atoms with Gasteiger partial charge < -0.3 is 20.5 Å². The number of carboxylic acid groups (broad SMARTS) is 1. The summed E-state index contributed by atoms with van der Waals surface area (Å²) >= 11 is 0. The van der Waals surface area contributed by atoms with Crippen molar-refractivity contribution in [2.24, 2.45) is 0 Å². The first kappa shape index (κ1) is 16.6. The molecule has 0 spiro atoms. The zero-order valence-electron chi connectivity index (χ0n) is 13.4. The monoisotopic (exact) mass is 306 g/mol. The average molecular weight is 306 g/mol. The molecule has 2 rings (SSSR count). The third-order valence-corrected chi connectivity index (χ3v) is 4.01. The molecule has 0 aromatic heterocycles. The molecule has 0 radical (unpaired) electrons. The number of carboxylic acids is 1. The molecule has 2 atom stereocenters. The molecule has 122 valence electrons. The van der Waals surface area contributed by atoms with Gasteiger partial charge in [-0.15, -0.1) is 0 Å². The third kappa shape index (κ3) is 4.37. The van der Waals surface area contributed by atoms with E-state index in [0.717, 1.165) is 37.2 Å². The minimum absolute atomic E-state index is 0.162. The first-order chi connectivity index (χ1) is 10.6. The van der Waals surface area contributed by atoms with Gasteiger partial charge in [-0.05, 0) is 37.0 Å². The molecule has 0 fully saturated rings. The van der Waals surface area contributed by atoms with Gasteiger partial charge in [0.1, 0.15) is 18.4 Å². The third-order valence-electron chi connectivity index (χ3n) is 4.01. The zero-order valence-corrected chi connectivity index (χ0v) is 13.4. The smallest absolute Gasteiger partial charge is 0.320 e. The topological polar surface area (TPSA) is 70.6 Å². The van der Waals surface area contributed by atoms with Crippen LogP contribution in [0, 0.1) is 0 Å². The Morgan fingerprint density at radius 3 is 2.95 bits per heavy atom. The normalized spacial score (nSPS) is 16.1. The molecule has 3 N–H and O–H groups in total. The number of benzene rings is 1. The molecule has 2 unspecified atom stereocenters. The Kier molecular flexibility index (Phi) is 6.07. The van der Waals surface area contributed by atoms with Crippen molar-refractivity contribution in [2.45, 2.75) is 51.6 Å². The fourth-order valence-electron chi connectivity index (χ4n) is 2.77. The Bertz CT molecular complexity index is 505. The standard InChI is InChI=1S/C17H26N2O3/c1-3-5-14(17(20)21)19-13(4-2)10-12-6-7-16-15(11-12)18-8-9-22-16/h6-7,11,13-14,18-19H,3-5,8-10H2,1-2H3,(H,20,21). The van der Waals surface area contributed by atoms with E-state index in [4.69, 9.17) is 4.74 Å². The van der Waals surface area contributed by atoms with Crippen LogP contribution in [0.25, 0.3) is 0 Å². The van der Waals surface area contributed by atoms with Crippen molar-refractivity contribution < 1.29 is 14.6 Å². The van der Waals surface area contributed by atoms with Gasteiger partial charge in [-0.2, -0.15) is 0 Å². The predicted octanol–water partition coefficient (Wildman–Crippen LogP) is 2.65. The van der Waals surface area contributed by atoms with Gasteiger partial charge in [-0.25, -0.2) is 0 Å². The lowest BCUT2D eigenvalue weighted by atomic mass is 10.0. The lowest BCUT2D eigenvalue weighted by Crippen LogP contribution is -2.44. The molecule has 22 heavy (non-hydrogen) atoms. The summed E-state index contributed by atoms with van der Waals surface area (Å²) in [4.78, 5) is 11.3. The Morgan fingerprint density at radius 2 is 2.27 bits per heavy atom. The van der Waals surface area contributed by atoms with E-state index in [2.05, 4.69) is 29.7 Å². The lowest BCUT2D eigenvalue weighted by molar-refractivity contribution is -0.139. The van der Waals surface area contributed by atoms with Crippen LogP contribution >= 0.6 is 0 Å². The summed E-state index contributed by atoms with van der Waals surface area (Å²) in [6.45, 7) is 5.61. The van der Waals surface area contributed by atoms with Crippen LogP contribution in [0.2, 0.25) is 0 Å². The number of hydrogen-bond acceptors (Lipinski definition) is 4. The number of hydrogen-bond donors (Lipinski definition) is 3. The maximum atomic E-state index is 11.3. The van der Waals surface area contributed by atoms with E-state index in [1.165, 1.54) is 5.56 Å². The van der Waals surface area contributed by atoms with Gasteiger partial charge in [0.25, 0.3) is 0 Å². The first-order valence-corrected chi connectivity index (χ1v) is 8.12. The van der Waals surface area contributed by atoms with E-state index in [9.17, 15) is 9.90 Å². The number of rotatable bonds is 8. The van der Waals surface area contributed by atoms with Crippen LogP contribution in [0.5, 0.6) is 5.75 Å². The number of aliphatic carboxylic acids is 1. The van der Waals surface area contributed by atoms with E-state index in [1.54, 1.807) is 0 Å². The van der Waals surface area contributed by atoms with Crippen molar-refractivity contribution in [1.29, 1.82) is 0 Å². The molecule has 0 amide bonds. The molecular formula is C17H26N2O3. The highest BCUT2D eigenvalue weighted by Gasteiger charge is 2.20. The number of fused-ring (bicyclic) bond motifs is 1. The quantitative estimate of drug-likeness (QED) is 0.689. The van der Waals surface area contributed by atoms with Crippen LogP contribution in [0.1, 0.15) is 38.7 Å². The van der Waals surface area contributed by atoms with Gasteiger partial charge in [0.2, 0.25) is 0 Å². The summed E-state index contributed by atoms with van der Waals surface area (Å²) in [5, 5.41) is 15.9. The molecule has 1 aliphatic rings. The highest BCUT2D eigenvalue weighted by Crippen LogP contribution is 2.28. The van der Waals surface area contributed by atoms with Crippen molar-refractivity contribution in [3.63, 3.8) is 0 Å². The summed E-state index contributed by atoms with van der Waals surface area (Å²) in [6, 6.07) is 5.86. The number of nitrogens with one attached hydrogen (secondary N) is 2. The molecule has 1 aromatic rings. The largest absolute Gasteiger partial charge is 0.490 e. The van der Waals surface area contributed by atoms with Gasteiger partial charge >= 0.3 is 5.97 Å². The second kappa shape index (κ2) is 8.03. The Labute approximate surface area is 132 Å². The second-order valence-corrected chi connectivity index (χ2v) is 5.76. The minimum Gasteiger partial charge on any atom is -0.490 e. The summed E-state index contributed by atoms with van der Waals surface area (Å²) in [5.41, 5.74) is 2.22. The predicted molar refractivity (Wildman–Crippen MR) is 87.7 cm³/mol. The number of carbonyl (C=O) groups is 1. The van der Waals surface area contributed by atoms with Gasteiger partial charge in [0.05, 0.1) is 5.69 Å². The Balaban J connectivity index is 2.01. The van der Waals surface area contributed by atoms with E-state index < -0.39 is 12.0 Å². The van der Waals surface area contributed by atoms with Crippen LogP contribution in [0.3, 0.4) is 0 Å². The zero-order chi connectivity index (χ0) is 15.9. The molecule has 0 bridgehead atoms. The lowest BCUT2D eigenvalue weighted by Gasteiger charge is -2.24. The van der Waals surface area contributed by atoms with E-state index in [1.807, 2.05) is 13.0 Å². The van der Waals surface area contributed by atoms with Crippen molar-refractivity contribution in [3.8, 4) is 5.75 Å². The molecule has 5 heteroatoms. The van der Waals surface area contributed by atoms with Gasteiger partial charge in [-0.1, -0.05) is 26.3 Å². The van der Waals surface area contributed by atoms with Gasteiger partial charge in [0.15, 0.2) is 0 Å². The highest BCUT2D eigenvalue weighted by molar-refractivity contribution is 5.73. The molecular weight excluding hydrogens is 280 g/mol. The molecule has 1 aromatic carbocycles. The highest BCUT2D eigenvalue weighted by atomic mass is 16.5. The van der Waals surface area contributed by atoms with Crippen LogP contribution in [0.4, 0.5) is 5.69 Å². The molecule has 0 saturated heterocycles. The van der Waals surface area contributed by atoms with Crippen molar-refractivity contribution in [3.05, 3.63) is 23.8 Å². The van der Waals surface area contributed by atoms with Crippen LogP contribution in [-0.2, 0) is 11.2 Å². The Morgan fingerprint density at radius 1 is 1.45 bits per heavy atom. The first-order valence-electron chi connectivity index (χ1n) is 8.12. The SMILES string of the molecule is CCCC(NC(CC)Cc1ccc2c(c1)NCCO2)C(=O)O. The van der Waals surface area contributed by atoms with Crippen molar-refractivity contribution in [2.75, 3.05) is 18.5 Å². The fourth-order valence-corrected chi connectivity index (χ4v) is 2.77. The minimum atomic E-state index is -0.763. The second-order valence-electron chi connectivity index (χ2n) is 5.76. The Hall–Kier alpha value is -1.75. The van der Waals surface area contributed by atoms with Gasteiger partial charge in [-0.3, -0.25) is 4.79 Å². The molecule has 1 aliphatic heterocycles. The van der Waals surface area contributed by atoms with E-state index in [0.29, 0.717) is 13.0 Å². The fraction of sp³-hybridized carbons (Fsp3) is 0.588. The summed E-state index contributed by atoms with van der Waals surface area (Å²) in [6.07, 6.45) is 3.24. The molecule has 0 saturated carbocycles. The summed E-state index contributed by atoms with van der Waals surface area (Å²) in [5.74, 6) is 0.131. The van der Waals surface area contributed by atoms with Crippen LogP contribution in [0.15, 0.2) is 18.2 Å². The maximum Gasteiger partial charge on any atom is 0.320 e. The summed E-state index contributed by atoms with van der Waals surface area (Å²) < 4.78 is 5.58. The van der Waals surface area contributed by atoms with Crippen LogP contribution in [-0.4, -0.2) is 36.3 Å². The van der Waals surface area contributed by atoms with Crippen molar-refractivity contribution in [1.82, 2.24) is 5.32 Å². The van der Waals surface area contributed by atoms with Crippen molar-refractivity contribution >= 4 is 11.7 Å². The number of ether oxygens (including phenoxy) is 1.